The molecule has 2 heterocycles. The van der Waals surface area contributed by atoms with E-state index >= 15 is 0 Å². The van der Waals surface area contributed by atoms with E-state index in [9.17, 15) is 13.2 Å². The van der Waals surface area contributed by atoms with E-state index in [4.69, 9.17) is 4.74 Å². The van der Waals surface area contributed by atoms with Crippen LogP contribution in [0.1, 0.15) is 12.8 Å². The summed E-state index contributed by atoms with van der Waals surface area (Å²) in [4.78, 5) is 1.48. The summed E-state index contributed by atoms with van der Waals surface area (Å²) < 4.78 is 41.5. The normalized spacial score (nSPS) is 25.7. The number of hydrogen-bond donors (Lipinski definition) is 1. The van der Waals surface area contributed by atoms with Gasteiger partial charge in [0.05, 0.1) is 25.8 Å². The van der Waals surface area contributed by atoms with Crippen LogP contribution in [0.5, 0.6) is 0 Å². The molecule has 0 aliphatic carbocycles. The molecule has 0 radical (unpaired) electrons. The van der Waals surface area contributed by atoms with Crippen molar-refractivity contribution in [1.29, 1.82) is 0 Å². The SMILES string of the molecule is FC(F)(F)CN1CCC(NC2COC2)CC1. The smallest absolute Gasteiger partial charge is 0.378 e. The number of nitrogens with zero attached hydrogens (tertiary/aromatic N) is 1. The second-order valence-corrected chi connectivity index (χ2v) is 4.57. The summed E-state index contributed by atoms with van der Waals surface area (Å²) in [6.45, 7) is 1.77. The molecule has 2 aliphatic rings. The van der Waals surface area contributed by atoms with Crippen LogP contribution in [0.15, 0.2) is 0 Å². The summed E-state index contributed by atoms with van der Waals surface area (Å²) in [5, 5.41) is 3.41. The molecule has 0 saturated carbocycles. The second-order valence-electron chi connectivity index (χ2n) is 4.57. The van der Waals surface area contributed by atoms with Gasteiger partial charge >= 0.3 is 6.18 Å². The Kier molecular flexibility index (Phi) is 3.71. The molecule has 6 heteroatoms. The Morgan fingerprint density at radius 1 is 1.12 bits per heavy atom. The first-order valence-electron chi connectivity index (χ1n) is 5.66. The molecule has 0 amide bonds. The van der Waals surface area contributed by atoms with Crippen LogP contribution < -0.4 is 5.32 Å². The number of rotatable bonds is 3. The predicted molar refractivity (Wildman–Crippen MR) is 53.3 cm³/mol. The van der Waals surface area contributed by atoms with Crippen molar-refractivity contribution in [1.82, 2.24) is 10.2 Å². The van der Waals surface area contributed by atoms with Gasteiger partial charge in [0, 0.05) is 6.04 Å². The van der Waals surface area contributed by atoms with Crippen molar-refractivity contribution in [3.63, 3.8) is 0 Å². The first-order chi connectivity index (χ1) is 7.53. The molecule has 0 aromatic carbocycles. The number of alkyl halides is 3. The zero-order valence-electron chi connectivity index (χ0n) is 9.09. The van der Waals surface area contributed by atoms with Gasteiger partial charge in [-0.2, -0.15) is 13.2 Å². The van der Waals surface area contributed by atoms with Crippen molar-refractivity contribution in [3.8, 4) is 0 Å². The maximum atomic E-state index is 12.1. The lowest BCUT2D eigenvalue weighted by molar-refractivity contribution is -0.148. The van der Waals surface area contributed by atoms with Crippen LogP contribution in [0.25, 0.3) is 0 Å². The summed E-state index contributed by atoms with van der Waals surface area (Å²) >= 11 is 0. The monoisotopic (exact) mass is 238 g/mol. The predicted octanol–water partition coefficient (Wildman–Crippen LogP) is 1.00. The van der Waals surface area contributed by atoms with Crippen molar-refractivity contribution in [3.05, 3.63) is 0 Å². The molecule has 2 aliphatic heterocycles. The van der Waals surface area contributed by atoms with E-state index < -0.39 is 12.7 Å². The molecule has 0 spiro atoms. The average molecular weight is 238 g/mol. The third kappa shape index (κ3) is 3.61. The van der Waals surface area contributed by atoms with E-state index in [0.29, 0.717) is 25.2 Å². The molecule has 16 heavy (non-hydrogen) atoms. The van der Waals surface area contributed by atoms with Crippen molar-refractivity contribution >= 4 is 0 Å². The molecule has 0 unspecified atom stereocenters. The maximum Gasteiger partial charge on any atom is 0.401 e. The number of nitrogens with one attached hydrogen (secondary N) is 1. The van der Waals surface area contributed by atoms with Crippen LogP contribution in [-0.4, -0.2) is 56.0 Å². The molecule has 0 atom stereocenters. The fourth-order valence-electron chi connectivity index (χ4n) is 2.18. The van der Waals surface area contributed by atoms with Gasteiger partial charge < -0.3 is 10.1 Å². The average Bonchev–Trinajstić information content (AvgIpc) is 2.11. The summed E-state index contributed by atoms with van der Waals surface area (Å²) in [5.74, 6) is 0. The highest BCUT2D eigenvalue weighted by atomic mass is 19.4. The van der Waals surface area contributed by atoms with Crippen molar-refractivity contribution in [2.24, 2.45) is 0 Å². The van der Waals surface area contributed by atoms with E-state index in [1.165, 1.54) is 4.90 Å². The summed E-state index contributed by atoms with van der Waals surface area (Å²) in [6, 6.07) is 0.776. The molecule has 3 nitrogen and oxygen atoms in total. The topological polar surface area (TPSA) is 24.5 Å². The van der Waals surface area contributed by atoms with E-state index in [-0.39, 0.29) is 0 Å². The molecular weight excluding hydrogens is 221 g/mol. The largest absolute Gasteiger partial charge is 0.401 e. The number of halogens is 3. The first kappa shape index (κ1) is 12.1. The third-order valence-corrected chi connectivity index (χ3v) is 3.10. The van der Waals surface area contributed by atoms with Gasteiger partial charge in [0.15, 0.2) is 0 Å². The molecule has 1 N–H and O–H groups in total. The van der Waals surface area contributed by atoms with E-state index in [0.717, 1.165) is 26.1 Å². The van der Waals surface area contributed by atoms with Crippen LogP contribution in [0, 0.1) is 0 Å². The van der Waals surface area contributed by atoms with Crippen LogP contribution in [-0.2, 0) is 4.74 Å². The zero-order valence-corrected chi connectivity index (χ0v) is 9.09. The highest BCUT2D eigenvalue weighted by molar-refractivity contribution is 4.83. The Labute approximate surface area is 92.9 Å². The highest BCUT2D eigenvalue weighted by Gasteiger charge is 2.33. The lowest BCUT2D eigenvalue weighted by atomic mass is 10.0. The molecule has 0 aromatic heterocycles. The van der Waals surface area contributed by atoms with Gasteiger partial charge in [-0.05, 0) is 25.9 Å². The van der Waals surface area contributed by atoms with Gasteiger partial charge in [0.2, 0.25) is 0 Å². The Hall–Kier alpha value is -0.330. The Morgan fingerprint density at radius 2 is 1.75 bits per heavy atom. The maximum absolute atomic E-state index is 12.1. The lowest BCUT2D eigenvalue weighted by Crippen LogP contribution is -2.54. The van der Waals surface area contributed by atoms with Crippen LogP contribution in [0.4, 0.5) is 13.2 Å². The minimum absolute atomic E-state index is 0.360. The Balaban J connectivity index is 1.65. The van der Waals surface area contributed by atoms with Gasteiger partial charge in [-0.15, -0.1) is 0 Å². The third-order valence-electron chi connectivity index (χ3n) is 3.10. The van der Waals surface area contributed by atoms with E-state index in [2.05, 4.69) is 5.32 Å². The number of likely N-dealkylation sites (tertiary alicyclic amines) is 1. The van der Waals surface area contributed by atoms with E-state index in [1.54, 1.807) is 0 Å². The number of ether oxygens (including phenoxy) is 1. The Bertz CT molecular complexity index is 223. The van der Waals surface area contributed by atoms with Gasteiger partial charge in [-0.1, -0.05) is 0 Å². The van der Waals surface area contributed by atoms with Gasteiger partial charge in [-0.25, -0.2) is 0 Å². The molecule has 2 saturated heterocycles. The van der Waals surface area contributed by atoms with Gasteiger partial charge in [0.1, 0.15) is 0 Å². The first-order valence-corrected chi connectivity index (χ1v) is 5.66. The van der Waals surface area contributed by atoms with Crippen LogP contribution >= 0.6 is 0 Å². The molecule has 2 rings (SSSR count). The molecule has 0 aromatic rings. The zero-order chi connectivity index (χ0) is 11.6. The fourth-order valence-corrected chi connectivity index (χ4v) is 2.18. The summed E-state index contributed by atoms with van der Waals surface area (Å²) in [5.41, 5.74) is 0. The quantitative estimate of drug-likeness (QED) is 0.794. The minimum Gasteiger partial charge on any atom is -0.378 e. The Morgan fingerprint density at radius 3 is 2.19 bits per heavy atom. The molecule has 2 fully saturated rings. The van der Waals surface area contributed by atoms with Crippen molar-refractivity contribution in [2.45, 2.75) is 31.1 Å². The van der Waals surface area contributed by atoms with Gasteiger partial charge in [-0.3, -0.25) is 4.90 Å². The van der Waals surface area contributed by atoms with E-state index in [1.807, 2.05) is 0 Å². The molecular formula is C10H17F3N2O. The number of hydrogen-bond acceptors (Lipinski definition) is 3. The molecule has 0 bridgehead atoms. The minimum atomic E-state index is -4.07. The second kappa shape index (κ2) is 4.89. The van der Waals surface area contributed by atoms with Crippen molar-refractivity contribution < 1.29 is 17.9 Å². The van der Waals surface area contributed by atoms with Crippen molar-refractivity contribution in [2.75, 3.05) is 32.8 Å². The highest BCUT2D eigenvalue weighted by Crippen LogP contribution is 2.20. The standard InChI is InChI=1S/C10H17F3N2O/c11-10(12,13)7-15-3-1-8(2-4-15)14-9-5-16-6-9/h8-9,14H,1-7H2. The lowest BCUT2D eigenvalue weighted by Gasteiger charge is -2.37. The molecule has 94 valence electrons. The summed E-state index contributed by atoms with van der Waals surface area (Å²) in [6.07, 6.45) is -2.47. The summed E-state index contributed by atoms with van der Waals surface area (Å²) in [7, 11) is 0. The van der Waals surface area contributed by atoms with Gasteiger partial charge in [0.25, 0.3) is 0 Å². The fraction of sp³-hybridized carbons (Fsp3) is 1.00. The van der Waals surface area contributed by atoms with Crippen LogP contribution in [0.3, 0.4) is 0 Å². The number of piperidine rings is 1. The van der Waals surface area contributed by atoms with Crippen LogP contribution in [0.2, 0.25) is 0 Å².